The number of aryl methyl sites for hydroxylation is 1. The molecule has 0 N–H and O–H groups in total. The molecule has 1 aromatic rings. The van der Waals surface area contributed by atoms with E-state index in [2.05, 4.69) is 0 Å². The summed E-state index contributed by atoms with van der Waals surface area (Å²) in [5.74, 6) is 0.118. The lowest BCUT2D eigenvalue weighted by Gasteiger charge is -2.27. The van der Waals surface area contributed by atoms with Crippen LogP contribution in [0.4, 0.5) is 16.2 Å². The molecule has 4 nitrogen and oxygen atoms in total. The third kappa shape index (κ3) is 2.13. The van der Waals surface area contributed by atoms with Gasteiger partial charge in [-0.15, -0.1) is 0 Å². The van der Waals surface area contributed by atoms with Gasteiger partial charge in [0.25, 0.3) is 0 Å². The standard InChI is InChI=1S/C12H13ClN2O2/c1-14(12(13)17)9-4-5-10-8(7-9)3-6-11(16)15(10)2/h4-5,7H,3,6H2,1-2H3. The Labute approximate surface area is 105 Å². The van der Waals surface area contributed by atoms with E-state index in [0.29, 0.717) is 12.8 Å². The lowest BCUT2D eigenvalue weighted by molar-refractivity contribution is -0.118. The number of nitrogens with zero attached hydrogens (tertiary/aromatic N) is 2. The third-order valence-corrected chi connectivity index (χ3v) is 3.31. The molecule has 5 heteroatoms. The average Bonchev–Trinajstić information content (AvgIpc) is 2.32. The Kier molecular flexibility index (Phi) is 3.07. The van der Waals surface area contributed by atoms with E-state index in [9.17, 15) is 9.59 Å². The molecule has 2 amide bonds. The quantitative estimate of drug-likeness (QED) is 0.569. The van der Waals surface area contributed by atoms with Crippen LogP contribution in [-0.4, -0.2) is 25.4 Å². The first-order valence-electron chi connectivity index (χ1n) is 5.33. The average molecular weight is 253 g/mol. The highest BCUT2D eigenvalue weighted by molar-refractivity contribution is 6.66. The van der Waals surface area contributed by atoms with Crippen LogP contribution in [0.25, 0.3) is 0 Å². The Balaban J connectivity index is 2.39. The summed E-state index contributed by atoms with van der Waals surface area (Å²) in [6.45, 7) is 0. The van der Waals surface area contributed by atoms with Crippen molar-refractivity contribution < 1.29 is 9.59 Å². The Morgan fingerprint density at radius 2 is 2.12 bits per heavy atom. The van der Waals surface area contributed by atoms with E-state index in [1.54, 1.807) is 25.1 Å². The van der Waals surface area contributed by atoms with Gasteiger partial charge in [-0.25, -0.2) is 0 Å². The van der Waals surface area contributed by atoms with E-state index in [1.807, 2.05) is 12.1 Å². The fourth-order valence-electron chi connectivity index (χ4n) is 1.95. The lowest BCUT2D eigenvalue weighted by Crippen LogP contribution is -2.31. The van der Waals surface area contributed by atoms with Crippen LogP contribution in [0, 0.1) is 0 Å². The van der Waals surface area contributed by atoms with Crippen LogP contribution in [0.1, 0.15) is 12.0 Å². The first kappa shape index (κ1) is 11.9. The van der Waals surface area contributed by atoms with Crippen molar-refractivity contribution in [2.75, 3.05) is 23.9 Å². The molecular weight excluding hydrogens is 240 g/mol. The number of rotatable bonds is 1. The maximum atomic E-state index is 11.5. The number of anilines is 2. The monoisotopic (exact) mass is 252 g/mol. The normalized spacial score (nSPS) is 14.5. The molecule has 0 atom stereocenters. The van der Waals surface area contributed by atoms with Gasteiger partial charge in [-0.2, -0.15) is 0 Å². The van der Waals surface area contributed by atoms with Crippen molar-refractivity contribution in [3.8, 4) is 0 Å². The summed E-state index contributed by atoms with van der Waals surface area (Å²) in [5.41, 5.74) is 2.71. The molecular formula is C12H13ClN2O2. The van der Waals surface area contributed by atoms with Gasteiger partial charge in [0.05, 0.1) is 0 Å². The van der Waals surface area contributed by atoms with Gasteiger partial charge in [-0.3, -0.25) is 9.59 Å². The van der Waals surface area contributed by atoms with Gasteiger partial charge in [-0.1, -0.05) is 0 Å². The Bertz CT molecular complexity index is 487. The van der Waals surface area contributed by atoms with E-state index in [1.165, 1.54) is 4.90 Å². The number of carbonyl (C=O) groups is 2. The molecule has 0 saturated carbocycles. The molecule has 1 aromatic carbocycles. The van der Waals surface area contributed by atoms with E-state index < -0.39 is 5.37 Å². The van der Waals surface area contributed by atoms with Crippen molar-refractivity contribution in [1.82, 2.24) is 0 Å². The van der Waals surface area contributed by atoms with Gasteiger partial charge >= 0.3 is 5.37 Å². The number of halogens is 1. The Morgan fingerprint density at radius 1 is 1.41 bits per heavy atom. The number of benzene rings is 1. The molecule has 0 fully saturated rings. The second kappa shape index (κ2) is 4.37. The minimum absolute atomic E-state index is 0.118. The van der Waals surface area contributed by atoms with E-state index >= 15 is 0 Å². The number of hydrogen-bond donors (Lipinski definition) is 0. The zero-order valence-electron chi connectivity index (χ0n) is 9.74. The van der Waals surface area contributed by atoms with E-state index in [-0.39, 0.29) is 5.91 Å². The topological polar surface area (TPSA) is 40.6 Å². The summed E-state index contributed by atoms with van der Waals surface area (Å²) in [6.07, 6.45) is 1.21. The molecule has 0 radical (unpaired) electrons. The molecule has 90 valence electrons. The summed E-state index contributed by atoms with van der Waals surface area (Å²) >= 11 is 5.42. The molecule has 0 unspecified atom stereocenters. The SMILES string of the molecule is CN(C(=O)Cl)c1ccc2c(c1)CCC(=O)N2C. The van der Waals surface area contributed by atoms with Gasteiger partial charge in [0.1, 0.15) is 0 Å². The summed E-state index contributed by atoms with van der Waals surface area (Å²) in [7, 11) is 3.38. The molecule has 1 heterocycles. The minimum Gasteiger partial charge on any atom is -0.315 e. The predicted molar refractivity (Wildman–Crippen MR) is 67.8 cm³/mol. The zero-order valence-corrected chi connectivity index (χ0v) is 10.5. The van der Waals surface area contributed by atoms with Crippen molar-refractivity contribution in [2.24, 2.45) is 0 Å². The molecule has 0 aromatic heterocycles. The summed E-state index contributed by atoms with van der Waals surface area (Å²) in [5, 5.41) is -0.523. The van der Waals surface area contributed by atoms with Crippen LogP contribution in [0.2, 0.25) is 0 Å². The van der Waals surface area contributed by atoms with Crippen LogP contribution in [0.5, 0.6) is 0 Å². The highest BCUT2D eigenvalue weighted by Gasteiger charge is 2.21. The van der Waals surface area contributed by atoms with Gasteiger partial charge in [0.2, 0.25) is 5.91 Å². The number of amides is 2. The molecule has 0 saturated heterocycles. The fraction of sp³-hybridized carbons (Fsp3) is 0.333. The van der Waals surface area contributed by atoms with Gasteiger partial charge in [-0.05, 0) is 41.8 Å². The van der Waals surface area contributed by atoms with E-state index in [0.717, 1.165) is 16.9 Å². The van der Waals surface area contributed by atoms with E-state index in [4.69, 9.17) is 11.6 Å². The second-order valence-corrected chi connectivity index (χ2v) is 4.40. The number of hydrogen-bond acceptors (Lipinski definition) is 2. The smallest absolute Gasteiger partial charge is 0.315 e. The van der Waals surface area contributed by atoms with Crippen LogP contribution in [-0.2, 0) is 11.2 Å². The van der Waals surface area contributed by atoms with Crippen LogP contribution in [0.15, 0.2) is 18.2 Å². The first-order valence-corrected chi connectivity index (χ1v) is 5.71. The number of fused-ring (bicyclic) bond motifs is 1. The van der Waals surface area contributed by atoms with Crippen LogP contribution in [0.3, 0.4) is 0 Å². The second-order valence-electron chi connectivity index (χ2n) is 4.08. The largest absolute Gasteiger partial charge is 0.320 e. The highest BCUT2D eigenvalue weighted by atomic mass is 35.5. The van der Waals surface area contributed by atoms with Crippen molar-refractivity contribution in [3.05, 3.63) is 23.8 Å². The maximum absolute atomic E-state index is 11.5. The molecule has 1 aliphatic rings. The molecule has 2 rings (SSSR count). The lowest BCUT2D eigenvalue weighted by atomic mass is 10.0. The minimum atomic E-state index is -0.523. The van der Waals surface area contributed by atoms with Gasteiger partial charge in [0, 0.05) is 31.9 Å². The third-order valence-electron chi connectivity index (χ3n) is 3.06. The maximum Gasteiger partial charge on any atom is 0.320 e. The molecule has 0 bridgehead atoms. The molecule has 0 aliphatic carbocycles. The predicted octanol–water partition coefficient (Wildman–Crippen LogP) is 2.39. The van der Waals surface area contributed by atoms with Crippen LogP contribution < -0.4 is 9.80 Å². The van der Waals surface area contributed by atoms with Gasteiger partial charge < -0.3 is 9.80 Å². The zero-order chi connectivity index (χ0) is 12.6. The highest BCUT2D eigenvalue weighted by Crippen LogP contribution is 2.30. The summed E-state index contributed by atoms with van der Waals surface area (Å²) < 4.78 is 0. The fourth-order valence-corrected chi connectivity index (χ4v) is 2.05. The Morgan fingerprint density at radius 3 is 2.76 bits per heavy atom. The number of carbonyl (C=O) groups excluding carboxylic acids is 2. The summed E-state index contributed by atoms with van der Waals surface area (Å²) in [6, 6.07) is 5.53. The molecule has 0 spiro atoms. The van der Waals surface area contributed by atoms with Gasteiger partial charge in [0.15, 0.2) is 0 Å². The van der Waals surface area contributed by atoms with Crippen molar-refractivity contribution in [2.45, 2.75) is 12.8 Å². The van der Waals surface area contributed by atoms with Crippen molar-refractivity contribution in [1.29, 1.82) is 0 Å². The molecule has 17 heavy (non-hydrogen) atoms. The van der Waals surface area contributed by atoms with Crippen molar-refractivity contribution >= 4 is 34.2 Å². The molecule has 1 aliphatic heterocycles. The van der Waals surface area contributed by atoms with Crippen molar-refractivity contribution in [3.63, 3.8) is 0 Å². The van der Waals surface area contributed by atoms with Crippen LogP contribution >= 0.6 is 11.6 Å². The first-order chi connectivity index (χ1) is 8.00. The summed E-state index contributed by atoms with van der Waals surface area (Å²) in [4.78, 5) is 25.6. The Hall–Kier alpha value is -1.55.